The second-order valence-electron chi connectivity index (χ2n) is 6.49. The molecule has 0 fully saturated rings. The SMILES string of the molecule is CCOC(=O)C1=C(CCNC=O)N(S)C(C)=C(C(=O)OC)C1c1cccc([N+](=O)[O-])c1. The van der Waals surface area contributed by atoms with Gasteiger partial charge in [-0.3, -0.25) is 19.2 Å². The molecule has 1 atom stereocenters. The summed E-state index contributed by atoms with van der Waals surface area (Å²) >= 11 is 4.45. The van der Waals surface area contributed by atoms with Gasteiger partial charge in [-0.2, -0.15) is 0 Å². The van der Waals surface area contributed by atoms with E-state index in [-0.39, 0.29) is 36.4 Å². The van der Waals surface area contributed by atoms with Crippen LogP contribution in [-0.4, -0.2) is 47.8 Å². The molecule has 31 heavy (non-hydrogen) atoms. The summed E-state index contributed by atoms with van der Waals surface area (Å²) in [5.41, 5.74) is 1.14. The maximum Gasteiger partial charge on any atom is 0.336 e. The van der Waals surface area contributed by atoms with Crippen LogP contribution in [0.5, 0.6) is 0 Å². The fourth-order valence-electron chi connectivity index (χ4n) is 3.41. The van der Waals surface area contributed by atoms with E-state index in [0.29, 0.717) is 23.4 Å². The average Bonchev–Trinajstić information content (AvgIpc) is 2.76. The van der Waals surface area contributed by atoms with Gasteiger partial charge < -0.3 is 14.8 Å². The van der Waals surface area contributed by atoms with E-state index < -0.39 is 22.8 Å². The van der Waals surface area contributed by atoms with Crippen LogP contribution in [0.15, 0.2) is 46.8 Å². The van der Waals surface area contributed by atoms with Gasteiger partial charge in [0.1, 0.15) is 0 Å². The monoisotopic (exact) mass is 449 g/mol. The van der Waals surface area contributed by atoms with Crippen molar-refractivity contribution in [3.05, 3.63) is 62.5 Å². The molecule has 1 aliphatic heterocycles. The number of nitrogens with one attached hydrogen (secondary N) is 1. The van der Waals surface area contributed by atoms with Gasteiger partial charge in [-0.1, -0.05) is 24.9 Å². The third-order valence-corrected chi connectivity index (χ3v) is 5.30. The molecule has 10 nitrogen and oxygen atoms in total. The Hall–Kier alpha value is -3.34. The van der Waals surface area contributed by atoms with Crippen LogP contribution in [0.25, 0.3) is 0 Å². The van der Waals surface area contributed by atoms with E-state index in [1.807, 2.05) is 0 Å². The van der Waals surface area contributed by atoms with Crippen molar-refractivity contribution in [3.63, 3.8) is 0 Å². The summed E-state index contributed by atoms with van der Waals surface area (Å²) in [6.45, 7) is 3.53. The zero-order chi connectivity index (χ0) is 23.1. The van der Waals surface area contributed by atoms with Gasteiger partial charge in [0.25, 0.3) is 5.69 Å². The third-order valence-electron chi connectivity index (χ3n) is 4.76. The third kappa shape index (κ3) is 5.05. The first kappa shape index (κ1) is 23.9. The highest BCUT2D eigenvalue weighted by molar-refractivity contribution is 7.78. The molecule has 0 saturated heterocycles. The molecule has 0 saturated carbocycles. The largest absolute Gasteiger partial charge is 0.466 e. The number of allylic oxidation sites excluding steroid dienone is 1. The van der Waals surface area contributed by atoms with Crippen molar-refractivity contribution in [2.75, 3.05) is 20.3 Å². The first-order chi connectivity index (χ1) is 14.8. The number of methoxy groups -OCH3 is 1. The zero-order valence-electron chi connectivity index (χ0n) is 17.3. The van der Waals surface area contributed by atoms with Crippen molar-refractivity contribution in [1.29, 1.82) is 0 Å². The topological polar surface area (TPSA) is 128 Å². The van der Waals surface area contributed by atoms with Gasteiger partial charge in [-0.05, 0) is 19.4 Å². The number of non-ortho nitro benzene ring substituents is 1. The molecule has 1 aliphatic rings. The molecule has 2 rings (SSSR count). The number of nitrogens with zero attached hydrogens (tertiary/aromatic N) is 2. The molecular formula is C20H23N3O7S. The number of hydrogen-bond donors (Lipinski definition) is 2. The summed E-state index contributed by atoms with van der Waals surface area (Å²) in [5.74, 6) is -2.39. The molecule has 1 amide bonds. The zero-order valence-corrected chi connectivity index (χ0v) is 18.2. The van der Waals surface area contributed by atoms with Crippen LogP contribution < -0.4 is 5.32 Å². The van der Waals surface area contributed by atoms with E-state index in [1.165, 1.54) is 29.6 Å². The lowest BCUT2D eigenvalue weighted by atomic mass is 9.79. The van der Waals surface area contributed by atoms with E-state index in [0.717, 1.165) is 0 Å². The Morgan fingerprint density at radius 3 is 2.61 bits per heavy atom. The lowest BCUT2D eigenvalue weighted by molar-refractivity contribution is -0.384. The van der Waals surface area contributed by atoms with Crippen LogP contribution >= 0.6 is 12.8 Å². The Balaban J connectivity index is 2.80. The van der Waals surface area contributed by atoms with Gasteiger partial charge in [-0.15, -0.1) is 0 Å². The number of nitro groups is 1. The number of thiol groups is 1. The van der Waals surface area contributed by atoms with Crippen LogP contribution in [0.1, 0.15) is 31.7 Å². The second kappa shape index (κ2) is 10.6. The van der Waals surface area contributed by atoms with E-state index in [1.54, 1.807) is 19.9 Å². The molecule has 1 unspecified atom stereocenters. The molecule has 0 aliphatic carbocycles. The minimum atomic E-state index is -0.985. The number of carbonyl (C=O) groups excluding carboxylic acids is 3. The van der Waals surface area contributed by atoms with E-state index in [4.69, 9.17) is 9.47 Å². The van der Waals surface area contributed by atoms with Gasteiger partial charge in [0.05, 0.1) is 35.7 Å². The van der Waals surface area contributed by atoms with Crippen molar-refractivity contribution >= 4 is 36.9 Å². The predicted molar refractivity (Wildman–Crippen MR) is 114 cm³/mol. The minimum absolute atomic E-state index is 0.0761. The van der Waals surface area contributed by atoms with Crippen molar-refractivity contribution in [1.82, 2.24) is 9.62 Å². The number of ether oxygens (including phenoxy) is 2. The molecule has 1 aromatic rings. The number of rotatable bonds is 9. The summed E-state index contributed by atoms with van der Waals surface area (Å²) in [6, 6.07) is 5.67. The highest BCUT2D eigenvalue weighted by Gasteiger charge is 2.41. The molecule has 1 N–H and O–H groups in total. The number of esters is 2. The molecule has 1 heterocycles. The molecule has 166 valence electrons. The molecule has 0 radical (unpaired) electrons. The molecule has 11 heteroatoms. The quantitative estimate of drug-likeness (QED) is 0.147. The van der Waals surface area contributed by atoms with Crippen molar-refractivity contribution in [2.45, 2.75) is 26.2 Å². The minimum Gasteiger partial charge on any atom is -0.466 e. The molecule has 0 bridgehead atoms. The summed E-state index contributed by atoms with van der Waals surface area (Å²) in [5, 5.41) is 13.8. The molecule has 1 aromatic carbocycles. The van der Waals surface area contributed by atoms with Gasteiger partial charge in [-0.25, -0.2) is 9.59 Å². The Bertz CT molecular complexity index is 958. The Labute approximate surface area is 184 Å². The molecular weight excluding hydrogens is 426 g/mol. The molecule has 0 aromatic heterocycles. The normalized spacial score (nSPS) is 16.1. The van der Waals surface area contributed by atoms with Crippen LogP contribution in [-0.2, 0) is 23.9 Å². The average molecular weight is 449 g/mol. The van der Waals surface area contributed by atoms with Crippen LogP contribution in [0, 0.1) is 10.1 Å². The number of hydrogen-bond acceptors (Lipinski definition) is 9. The Morgan fingerprint density at radius 1 is 1.32 bits per heavy atom. The number of amides is 1. The molecule has 0 spiro atoms. The lowest BCUT2D eigenvalue weighted by Gasteiger charge is -2.36. The van der Waals surface area contributed by atoms with Gasteiger partial charge in [0.15, 0.2) is 0 Å². The fourth-order valence-corrected chi connectivity index (χ4v) is 3.73. The van der Waals surface area contributed by atoms with Gasteiger partial charge >= 0.3 is 11.9 Å². The van der Waals surface area contributed by atoms with Crippen molar-refractivity contribution in [2.24, 2.45) is 0 Å². The summed E-state index contributed by atoms with van der Waals surface area (Å²) < 4.78 is 11.5. The van der Waals surface area contributed by atoms with E-state index in [9.17, 15) is 24.5 Å². The number of benzene rings is 1. The highest BCUT2D eigenvalue weighted by atomic mass is 32.1. The maximum atomic E-state index is 13.0. The standard InChI is InChI=1S/C20H23N3O7S/c1-4-30-20(26)18-15(8-9-21-11-24)22(31)12(2)16(19(25)29-3)17(18)13-6-5-7-14(10-13)23(27)28/h5-7,10-11,17,31H,4,8-9H2,1-3H3,(H,21,24). The first-order valence-electron chi connectivity index (χ1n) is 9.38. The fraction of sp³-hybridized carbons (Fsp3) is 0.350. The first-order valence-corrected chi connectivity index (χ1v) is 9.78. The van der Waals surface area contributed by atoms with E-state index >= 15 is 0 Å². The predicted octanol–water partition coefficient (Wildman–Crippen LogP) is 2.24. The van der Waals surface area contributed by atoms with Crippen molar-refractivity contribution in [3.8, 4) is 0 Å². The number of nitro benzene ring substituents is 1. The van der Waals surface area contributed by atoms with Gasteiger partial charge in [0.2, 0.25) is 6.41 Å². The van der Waals surface area contributed by atoms with Crippen LogP contribution in [0.4, 0.5) is 5.69 Å². The second-order valence-corrected chi connectivity index (χ2v) is 6.89. The summed E-state index contributed by atoms with van der Waals surface area (Å²) in [4.78, 5) is 47.2. The highest BCUT2D eigenvalue weighted by Crippen LogP contribution is 2.44. The summed E-state index contributed by atoms with van der Waals surface area (Å²) in [6.07, 6.45) is 0.727. The maximum absolute atomic E-state index is 13.0. The smallest absolute Gasteiger partial charge is 0.336 e. The Morgan fingerprint density at radius 2 is 2.03 bits per heavy atom. The number of carbonyl (C=O) groups is 3. The van der Waals surface area contributed by atoms with Crippen molar-refractivity contribution < 1.29 is 28.8 Å². The van der Waals surface area contributed by atoms with E-state index in [2.05, 4.69) is 18.1 Å². The summed E-state index contributed by atoms with van der Waals surface area (Å²) in [7, 11) is 1.20. The van der Waals surface area contributed by atoms with Gasteiger partial charge in [0, 0.05) is 36.5 Å². The Kier molecular flexibility index (Phi) is 8.20. The van der Waals surface area contributed by atoms with Crippen LogP contribution in [0.3, 0.4) is 0 Å². The van der Waals surface area contributed by atoms with Crippen LogP contribution in [0.2, 0.25) is 0 Å². The lowest BCUT2D eigenvalue weighted by Crippen LogP contribution is -2.33.